The Morgan fingerprint density at radius 1 is 1.15 bits per heavy atom. The molecule has 0 bridgehead atoms. The molecule has 2 aromatic rings. The summed E-state index contributed by atoms with van der Waals surface area (Å²) in [6.07, 6.45) is 6.15. The van der Waals surface area contributed by atoms with E-state index < -0.39 is 0 Å². The highest BCUT2D eigenvalue weighted by Crippen LogP contribution is 2.22. The molecular weight excluding hydrogens is 324 g/mol. The molecule has 1 amide bonds. The third kappa shape index (κ3) is 4.40. The van der Waals surface area contributed by atoms with Crippen LogP contribution in [0.2, 0.25) is 0 Å². The van der Waals surface area contributed by atoms with E-state index in [2.05, 4.69) is 15.3 Å². The molecule has 0 atom stereocenters. The van der Waals surface area contributed by atoms with Crippen molar-refractivity contribution in [3.05, 3.63) is 47.4 Å². The second-order valence-corrected chi connectivity index (χ2v) is 7.05. The van der Waals surface area contributed by atoms with E-state index in [0.717, 1.165) is 29.9 Å². The van der Waals surface area contributed by atoms with Crippen LogP contribution in [0.4, 0.5) is 11.5 Å². The van der Waals surface area contributed by atoms with Gasteiger partial charge in [-0.25, -0.2) is 9.97 Å². The molecule has 1 aliphatic rings. The Morgan fingerprint density at radius 3 is 2.62 bits per heavy atom. The molecule has 5 heteroatoms. The van der Waals surface area contributed by atoms with Gasteiger partial charge in [0, 0.05) is 24.3 Å². The minimum absolute atomic E-state index is 0.0877. The summed E-state index contributed by atoms with van der Waals surface area (Å²) in [5.74, 6) is 1.29. The maximum absolute atomic E-state index is 13.1. The van der Waals surface area contributed by atoms with Crippen molar-refractivity contribution in [3.63, 3.8) is 0 Å². The van der Waals surface area contributed by atoms with E-state index in [1.165, 1.54) is 19.3 Å². The van der Waals surface area contributed by atoms with Gasteiger partial charge in [-0.2, -0.15) is 0 Å². The highest BCUT2D eigenvalue weighted by atomic mass is 16.2. The first-order valence-electron chi connectivity index (χ1n) is 9.57. The Balaban J connectivity index is 1.83. The zero-order chi connectivity index (χ0) is 18.5. The van der Waals surface area contributed by atoms with E-state index in [1.54, 1.807) is 11.0 Å². The van der Waals surface area contributed by atoms with Gasteiger partial charge in [0.2, 0.25) is 0 Å². The van der Waals surface area contributed by atoms with Crippen molar-refractivity contribution in [2.75, 3.05) is 16.8 Å². The molecule has 1 fully saturated rings. The minimum atomic E-state index is -0.0877. The summed E-state index contributed by atoms with van der Waals surface area (Å²) in [5.41, 5.74) is 2.47. The minimum Gasteiger partial charge on any atom is -0.367 e. The lowest BCUT2D eigenvalue weighted by atomic mass is 9.95. The van der Waals surface area contributed by atoms with Crippen LogP contribution in [0.1, 0.15) is 60.9 Å². The number of benzene rings is 1. The average molecular weight is 352 g/mol. The van der Waals surface area contributed by atoms with Gasteiger partial charge in [-0.3, -0.25) is 4.79 Å². The fourth-order valence-corrected chi connectivity index (χ4v) is 3.58. The normalized spacial score (nSPS) is 14.9. The second kappa shape index (κ2) is 8.30. The van der Waals surface area contributed by atoms with Crippen LogP contribution in [0.15, 0.2) is 30.3 Å². The molecule has 1 saturated carbocycles. The number of carbonyl (C=O) groups excluding carboxylic acids is 1. The van der Waals surface area contributed by atoms with Gasteiger partial charge in [-0.05, 0) is 51.3 Å². The molecule has 1 aromatic heterocycles. The number of aromatic nitrogens is 2. The molecule has 26 heavy (non-hydrogen) atoms. The van der Waals surface area contributed by atoms with Crippen LogP contribution in [0.3, 0.4) is 0 Å². The number of aryl methyl sites for hydroxylation is 2. The number of nitrogens with zero attached hydrogens (tertiary/aromatic N) is 3. The predicted molar refractivity (Wildman–Crippen MR) is 106 cm³/mol. The van der Waals surface area contributed by atoms with E-state index in [0.29, 0.717) is 24.1 Å². The van der Waals surface area contributed by atoms with Gasteiger partial charge in [-0.1, -0.05) is 31.4 Å². The first kappa shape index (κ1) is 18.4. The second-order valence-electron chi connectivity index (χ2n) is 7.05. The molecule has 1 aromatic carbocycles. The molecular formula is C21H28N4O. The van der Waals surface area contributed by atoms with Crippen LogP contribution < -0.4 is 10.2 Å². The summed E-state index contributed by atoms with van der Waals surface area (Å²) in [7, 11) is 0. The Labute approximate surface area is 155 Å². The lowest BCUT2D eigenvalue weighted by molar-refractivity contribution is 0.0983. The van der Waals surface area contributed by atoms with Crippen LogP contribution in [-0.4, -0.2) is 28.5 Å². The summed E-state index contributed by atoms with van der Waals surface area (Å²) in [6.45, 7) is 6.45. The molecule has 0 spiro atoms. The molecule has 5 nitrogen and oxygen atoms in total. The van der Waals surface area contributed by atoms with Crippen LogP contribution >= 0.6 is 0 Å². The zero-order valence-electron chi connectivity index (χ0n) is 16.0. The Hall–Kier alpha value is -2.43. The predicted octanol–water partition coefficient (Wildman–Crippen LogP) is 4.50. The van der Waals surface area contributed by atoms with Crippen LogP contribution in [0.25, 0.3) is 0 Å². The molecule has 0 unspecified atom stereocenters. The quantitative estimate of drug-likeness (QED) is 0.860. The molecule has 0 aliphatic heterocycles. The topological polar surface area (TPSA) is 58.1 Å². The Bertz CT molecular complexity index is 768. The number of amides is 1. The summed E-state index contributed by atoms with van der Waals surface area (Å²) >= 11 is 0. The molecule has 138 valence electrons. The molecule has 0 saturated heterocycles. The number of hydrogen-bond donors (Lipinski definition) is 1. The molecule has 1 aliphatic carbocycles. The van der Waals surface area contributed by atoms with Crippen molar-refractivity contribution >= 4 is 17.4 Å². The Kier molecular flexibility index (Phi) is 5.86. The van der Waals surface area contributed by atoms with E-state index in [1.807, 2.05) is 45.0 Å². The van der Waals surface area contributed by atoms with Crippen molar-refractivity contribution in [2.45, 2.75) is 58.9 Å². The largest absolute Gasteiger partial charge is 0.367 e. The average Bonchev–Trinajstić information content (AvgIpc) is 2.63. The SMILES string of the molecule is CCN(C(=O)c1cc(NC2CCCCC2)nc(C)n1)c1cccc(C)c1. The van der Waals surface area contributed by atoms with Crippen molar-refractivity contribution in [1.29, 1.82) is 0 Å². The lowest BCUT2D eigenvalue weighted by Gasteiger charge is -2.24. The van der Waals surface area contributed by atoms with Crippen molar-refractivity contribution < 1.29 is 4.79 Å². The number of hydrogen-bond acceptors (Lipinski definition) is 4. The lowest BCUT2D eigenvalue weighted by Crippen LogP contribution is -2.32. The third-order valence-electron chi connectivity index (χ3n) is 4.89. The molecule has 1 heterocycles. The first-order valence-corrected chi connectivity index (χ1v) is 9.57. The number of carbonyl (C=O) groups is 1. The Morgan fingerprint density at radius 2 is 1.92 bits per heavy atom. The van der Waals surface area contributed by atoms with Gasteiger partial charge in [0.1, 0.15) is 17.3 Å². The van der Waals surface area contributed by atoms with Gasteiger partial charge in [0.25, 0.3) is 5.91 Å². The van der Waals surface area contributed by atoms with Gasteiger partial charge < -0.3 is 10.2 Å². The van der Waals surface area contributed by atoms with Crippen molar-refractivity contribution in [3.8, 4) is 0 Å². The van der Waals surface area contributed by atoms with Gasteiger partial charge >= 0.3 is 0 Å². The first-order chi connectivity index (χ1) is 12.6. The van der Waals surface area contributed by atoms with Crippen molar-refractivity contribution in [1.82, 2.24) is 9.97 Å². The van der Waals surface area contributed by atoms with Crippen LogP contribution in [-0.2, 0) is 0 Å². The summed E-state index contributed by atoms with van der Waals surface area (Å²) < 4.78 is 0. The van der Waals surface area contributed by atoms with Gasteiger partial charge in [0.05, 0.1) is 0 Å². The van der Waals surface area contributed by atoms with E-state index in [-0.39, 0.29) is 5.91 Å². The highest BCUT2D eigenvalue weighted by Gasteiger charge is 2.20. The standard InChI is InChI=1S/C21H28N4O/c1-4-25(18-12-8-9-15(2)13-18)21(26)19-14-20(23-16(3)22-19)24-17-10-6-5-7-11-17/h8-9,12-14,17H,4-7,10-11H2,1-3H3,(H,22,23,24). The van der Waals surface area contributed by atoms with E-state index >= 15 is 0 Å². The van der Waals surface area contributed by atoms with E-state index in [4.69, 9.17) is 0 Å². The fourth-order valence-electron chi connectivity index (χ4n) is 3.58. The molecule has 0 radical (unpaired) electrons. The van der Waals surface area contributed by atoms with Crippen LogP contribution in [0, 0.1) is 13.8 Å². The number of nitrogens with one attached hydrogen (secondary N) is 1. The summed E-state index contributed by atoms with van der Waals surface area (Å²) in [4.78, 5) is 23.7. The summed E-state index contributed by atoms with van der Waals surface area (Å²) in [6, 6.07) is 10.2. The maximum atomic E-state index is 13.1. The van der Waals surface area contributed by atoms with Crippen LogP contribution in [0.5, 0.6) is 0 Å². The van der Waals surface area contributed by atoms with Gasteiger partial charge in [0.15, 0.2) is 0 Å². The molecule has 1 N–H and O–H groups in total. The highest BCUT2D eigenvalue weighted by molar-refractivity contribution is 6.05. The monoisotopic (exact) mass is 352 g/mol. The maximum Gasteiger partial charge on any atom is 0.277 e. The fraction of sp³-hybridized carbons (Fsp3) is 0.476. The number of anilines is 2. The molecule has 3 rings (SSSR count). The number of rotatable bonds is 5. The van der Waals surface area contributed by atoms with Gasteiger partial charge in [-0.15, -0.1) is 0 Å². The van der Waals surface area contributed by atoms with E-state index in [9.17, 15) is 4.79 Å². The van der Waals surface area contributed by atoms with Crippen molar-refractivity contribution in [2.24, 2.45) is 0 Å². The summed E-state index contributed by atoms with van der Waals surface area (Å²) in [5, 5.41) is 3.50. The zero-order valence-corrected chi connectivity index (χ0v) is 16.0. The third-order valence-corrected chi connectivity index (χ3v) is 4.89. The smallest absolute Gasteiger partial charge is 0.277 e.